The van der Waals surface area contributed by atoms with Crippen molar-refractivity contribution in [3.8, 4) is 46.0 Å². The summed E-state index contributed by atoms with van der Waals surface area (Å²) in [6.45, 7) is 0. The van der Waals surface area contributed by atoms with Crippen molar-refractivity contribution in [3.63, 3.8) is 0 Å². The minimum Gasteiger partial charge on any atom is -0.497 e. The lowest BCUT2D eigenvalue weighted by Crippen LogP contribution is -2.50. The molecule has 0 radical (unpaired) electrons. The molecule has 4 aromatic carbocycles. The van der Waals surface area contributed by atoms with E-state index in [9.17, 15) is 0 Å². The topological polar surface area (TPSA) is 73.8 Å². The predicted molar refractivity (Wildman–Crippen MR) is 195 cm³/mol. The lowest BCUT2D eigenvalue weighted by molar-refractivity contribution is -0.208. The molecule has 4 atom stereocenters. The van der Waals surface area contributed by atoms with E-state index in [1.54, 1.807) is 0 Å². The molecule has 0 heterocycles. The van der Waals surface area contributed by atoms with Crippen LogP contribution in [0.2, 0.25) is 0 Å². The molecule has 0 aromatic heterocycles. The normalized spacial score (nSPS) is 23.9. The number of fused-ring (bicyclic) bond motifs is 18. The predicted octanol–water partition coefficient (Wildman–Crippen LogP) is 10.3. The van der Waals surface area contributed by atoms with Crippen LogP contribution in [0, 0.1) is 0 Å². The molecule has 0 aliphatic heterocycles. The Labute approximate surface area is 345 Å². The molecule has 0 spiro atoms. The van der Waals surface area contributed by atoms with Crippen LogP contribution in [0.15, 0.2) is 48.5 Å². The molecule has 8 nitrogen and oxygen atoms in total. The minimum absolute atomic E-state index is 0.267. The maximum absolute atomic E-state index is 16.8. The highest BCUT2D eigenvalue weighted by atomic mass is 19.4. The van der Waals surface area contributed by atoms with Gasteiger partial charge in [-0.2, -0.15) is 52.7 Å². The van der Waals surface area contributed by atoms with Gasteiger partial charge >= 0.3 is 24.7 Å². The van der Waals surface area contributed by atoms with Crippen LogP contribution in [-0.4, -0.2) is 81.6 Å². The average molecular weight is 897 g/mol. The number of alkyl halides is 12. The van der Waals surface area contributed by atoms with Gasteiger partial charge in [0, 0.05) is 57.6 Å². The fourth-order valence-electron chi connectivity index (χ4n) is 10.1. The van der Waals surface area contributed by atoms with Crippen molar-refractivity contribution in [1.29, 1.82) is 0 Å². The lowest BCUT2D eigenvalue weighted by atomic mass is 9.63. The minimum atomic E-state index is -5.89. The summed E-state index contributed by atoms with van der Waals surface area (Å²) in [5.74, 6) is -6.36. The molecule has 0 amide bonds. The van der Waals surface area contributed by atoms with Crippen molar-refractivity contribution in [2.45, 2.75) is 59.2 Å². The van der Waals surface area contributed by atoms with Crippen molar-refractivity contribution < 1.29 is 90.6 Å². The van der Waals surface area contributed by atoms with E-state index in [2.05, 4.69) is 0 Å². The molecular formula is C42H36F12O8. The molecule has 20 heteroatoms. The second-order valence-electron chi connectivity index (χ2n) is 15.0. The molecule has 0 saturated carbocycles. The SMILES string of the molecule is COc1cc(OC)c2c(c1)[C@@]1(C(F)(F)F)C[C@]2(C(F)(F)F)c2cc(c(OC)cc2OC)[C@]2(C(F)(F)F)C[C@](C(F)(F)F)(c3cc1c(OC)cc3OC)c1cc(OC)cc(OC)c12. The number of hydrogen-bond donors (Lipinski definition) is 0. The Balaban J connectivity index is 1.95. The van der Waals surface area contributed by atoms with E-state index in [1.165, 1.54) is 0 Å². The van der Waals surface area contributed by atoms with Crippen molar-refractivity contribution >= 4 is 0 Å². The Morgan fingerprint density at radius 3 is 0.790 bits per heavy atom. The maximum atomic E-state index is 16.8. The van der Waals surface area contributed by atoms with E-state index >= 15 is 52.7 Å². The van der Waals surface area contributed by atoms with Crippen LogP contribution in [0.25, 0.3) is 0 Å². The summed E-state index contributed by atoms with van der Waals surface area (Å²) < 4.78 is 245. The summed E-state index contributed by atoms with van der Waals surface area (Å²) in [5.41, 5.74) is -26.3. The smallest absolute Gasteiger partial charge is 0.402 e. The maximum Gasteiger partial charge on any atom is 0.402 e. The van der Waals surface area contributed by atoms with Gasteiger partial charge in [0.2, 0.25) is 0 Å². The summed E-state index contributed by atoms with van der Waals surface area (Å²) in [4.78, 5) is 0. The first-order valence-corrected chi connectivity index (χ1v) is 18.2. The summed E-state index contributed by atoms with van der Waals surface area (Å²) >= 11 is 0. The molecule has 336 valence electrons. The summed E-state index contributed by atoms with van der Waals surface area (Å²) in [7, 11) is 6.96. The molecule has 0 saturated heterocycles. The Morgan fingerprint density at radius 2 is 0.565 bits per heavy atom. The van der Waals surface area contributed by atoms with Crippen molar-refractivity contribution in [3.05, 3.63) is 93.0 Å². The van der Waals surface area contributed by atoms with Crippen LogP contribution >= 0.6 is 0 Å². The Morgan fingerprint density at radius 1 is 0.306 bits per heavy atom. The zero-order valence-corrected chi connectivity index (χ0v) is 33.8. The van der Waals surface area contributed by atoms with Crippen molar-refractivity contribution in [2.75, 3.05) is 56.9 Å². The summed E-state index contributed by atoms with van der Waals surface area (Å²) in [6, 6.07) is 4.65. The van der Waals surface area contributed by atoms with Gasteiger partial charge in [0.1, 0.15) is 67.7 Å². The van der Waals surface area contributed by atoms with Gasteiger partial charge < -0.3 is 37.9 Å². The number of rotatable bonds is 8. The third kappa shape index (κ3) is 5.35. The molecule has 3 aliphatic carbocycles. The Bertz CT molecular complexity index is 2300. The zero-order valence-electron chi connectivity index (χ0n) is 33.8. The third-order valence-electron chi connectivity index (χ3n) is 12.7. The first kappa shape index (κ1) is 44.5. The second kappa shape index (κ2) is 14.0. The van der Waals surface area contributed by atoms with E-state index in [0.717, 1.165) is 69.0 Å². The van der Waals surface area contributed by atoms with Crippen LogP contribution in [-0.2, 0) is 21.7 Å². The fraction of sp³-hybridized carbons (Fsp3) is 0.429. The van der Waals surface area contributed by atoms with Crippen LogP contribution in [0.1, 0.15) is 57.3 Å². The Kier molecular flexibility index (Phi) is 10.0. The molecular weight excluding hydrogens is 860 g/mol. The monoisotopic (exact) mass is 896 g/mol. The first-order chi connectivity index (χ1) is 28.8. The van der Waals surface area contributed by atoms with E-state index < -0.39 is 150 Å². The van der Waals surface area contributed by atoms with Crippen LogP contribution in [0.4, 0.5) is 52.7 Å². The van der Waals surface area contributed by atoms with Gasteiger partial charge in [-0.1, -0.05) is 0 Å². The highest BCUT2D eigenvalue weighted by Crippen LogP contribution is 2.75. The summed E-state index contributed by atoms with van der Waals surface area (Å²) in [6.07, 6.45) is -27.8. The van der Waals surface area contributed by atoms with Gasteiger partial charge in [-0.15, -0.1) is 0 Å². The van der Waals surface area contributed by atoms with Gasteiger partial charge in [-0.25, -0.2) is 0 Å². The van der Waals surface area contributed by atoms with Gasteiger partial charge in [0.25, 0.3) is 0 Å². The lowest BCUT2D eigenvalue weighted by Gasteiger charge is -2.43. The van der Waals surface area contributed by atoms with Crippen LogP contribution in [0.3, 0.4) is 0 Å². The zero-order chi connectivity index (χ0) is 46.0. The molecule has 8 bridgehead atoms. The second-order valence-corrected chi connectivity index (χ2v) is 15.0. The number of halogens is 12. The Hall–Kier alpha value is -5.56. The van der Waals surface area contributed by atoms with E-state index in [1.807, 2.05) is 0 Å². The van der Waals surface area contributed by atoms with Gasteiger partial charge in [0.15, 0.2) is 0 Å². The molecule has 0 N–H and O–H groups in total. The highest BCUT2D eigenvalue weighted by molar-refractivity contribution is 5.75. The van der Waals surface area contributed by atoms with Crippen LogP contribution < -0.4 is 37.9 Å². The molecule has 3 aliphatic rings. The number of hydrogen-bond acceptors (Lipinski definition) is 8. The van der Waals surface area contributed by atoms with Crippen LogP contribution in [0.5, 0.6) is 46.0 Å². The molecule has 0 fully saturated rings. The average Bonchev–Trinajstić information content (AvgIpc) is 3.73. The van der Waals surface area contributed by atoms with E-state index in [-0.39, 0.29) is 12.1 Å². The molecule has 4 aromatic rings. The van der Waals surface area contributed by atoms with Gasteiger partial charge in [-0.3, -0.25) is 0 Å². The third-order valence-corrected chi connectivity index (χ3v) is 12.7. The fourth-order valence-corrected chi connectivity index (χ4v) is 10.1. The molecule has 0 unspecified atom stereocenters. The molecule has 7 rings (SSSR count). The number of benzene rings is 4. The van der Waals surface area contributed by atoms with Gasteiger partial charge in [-0.05, 0) is 48.2 Å². The summed E-state index contributed by atoms with van der Waals surface area (Å²) in [5, 5.41) is 0. The molecule has 62 heavy (non-hydrogen) atoms. The van der Waals surface area contributed by atoms with Crippen molar-refractivity contribution in [1.82, 2.24) is 0 Å². The largest absolute Gasteiger partial charge is 0.497 e. The first-order valence-electron chi connectivity index (χ1n) is 18.2. The highest BCUT2D eigenvalue weighted by Gasteiger charge is 2.78. The quantitative estimate of drug-likeness (QED) is 0.162. The standard InChI is InChI=1S/C42H36F12O8/c1-55-19-9-25-33(31(11-19)61-7)37(41(49,50)51)17-35(25,39(43,44)45)21-13-22(28(58-4)15-27(21)57-3)36(40(46,47)48)18-38(42(52,53)54,24-14-23(37)29(59-5)16-30(24)60-6)34-26(36)10-20(56-2)12-32(34)62-8/h9-16H,17-18H2,1-8H3/t35-,36+,37+,38-. The van der Waals surface area contributed by atoms with Gasteiger partial charge in [0.05, 0.1) is 56.9 Å². The number of methoxy groups -OCH3 is 8. The van der Waals surface area contributed by atoms with E-state index in [4.69, 9.17) is 37.9 Å². The number of ether oxygens (including phenoxy) is 8. The van der Waals surface area contributed by atoms with E-state index in [0.29, 0.717) is 24.3 Å². The van der Waals surface area contributed by atoms with Crippen molar-refractivity contribution in [2.24, 2.45) is 0 Å².